The zero-order valence-electron chi connectivity index (χ0n) is 11.1. The van der Waals surface area contributed by atoms with E-state index in [1.807, 2.05) is 0 Å². The standard InChI is InChI=1S/C13H13F2NO4S/c1-16(6-9-4-5-20-8-9)21(18,19)12-3-2-11(14)10(7-17)13(12)15/h2-5,8,17H,6-7H2,1H3. The number of nitrogens with zero attached hydrogens (tertiary/aromatic N) is 1. The molecular weight excluding hydrogens is 304 g/mol. The molecule has 0 bridgehead atoms. The van der Waals surface area contributed by atoms with Crippen molar-refractivity contribution in [2.45, 2.75) is 18.0 Å². The largest absolute Gasteiger partial charge is 0.472 e. The van der Waals surface area contributed by atoms with Crippen LogP contribution in [-0.2, 0) is 23.2 Å². The molecule has 0 amide bonds. The summed E-state index contributed by atoms with van der Waals surface area (Å²) in [7, 11) is -2.89. The van der Waals surface area contributed by atoms with Gasteiger partial charge in [0.1, 0.15) is 10.7 Å². The third-order valence-electron chi connectivity index (χ3n) is 2.98. The number of halogens is 2. The second-order valence-electron chi connectivity index (χ2n) is 4.39. The Balaban J connectivity index is 2.40. The van der Waals surface area contributed by atoms with E-state index in [1.54, 1.807) is 6.07 Å². The van der Waals surface area contributed by atoms with Crippen LogP contribution in [-0.4, -0.2) is 24.9 Å². The van der Waals surface area contributed by atoms with Crippen molar-refractivity contribution in [2.75, 3.05) is 7.05 Å². The number of furan rings is 1. The number of sulfonamides is 1. The van der Waals surface area contributed by atoms with Gasteiger partial charge in [0.05, 0.1) is 24.7 Å². The molecule has 0 aliphatic carbocycles. The highest BCUT2D eigenvalue weighted by Gasteiger charge is 2.27. The van der Waals surface area contributed by atoms with Crippen LogP contribution in [0.4, 0.5) is 8.78 Å². The quantitative estimate of drug-likeness (QED) is 0.914. The van der Waals surface area contributed by atoms with E-state index in [-0.39, 0.29) is 6.54 Å². The lowest BCUT2D eigenvalue weighted by Gasteiger charge is -2.17. The smallest absolute Gasteiger partial charge is 0.246 e. The van der Waals surface area contributed by atoms with E-state index >= 15 is 0 Å². The van der Waals surface area contributed by atoms with Gasteiger partial charge < -0.3 is 9.52 Å². The van der Waals surface area contributed by atoms with Gasteiger partial charge in [0.25, 0.3) is 0 Å². The molecule has 114 valence electrons. The Labute approximate surface area is 120 Å². The van der Waals surface area contributed by atoms with Crippen molar-refractivity contribution in [3.63, 3.8) is 0 Å². The molecule has 0 unspecified atom stereocenters. The molecule has 8 heteroatoms. The van der Waals surface area contributed by atoms with Crippen LogP contribution in [0.3, 0.4) is 0 Å². The first-order chi connectivity index (χ1) is 9.87. The van der Waals surface area contributed by atoms with Crippen molar-refractivity contribution in [2.24, 2.45) is 0 Å². The molecule has 0 aliphatic rings. The molecule has 1 heterocycles. The van der Waals surface area contributed by atoms with Gasteiger partial charge in [-0.05, 0) is 18.2 Å². The van der Waals surface area contributed by atoms with Crippen LogP contribution < -0.4 is 0 Å². The molecule has 2 aromatic rings. The van der Waals surface area contributed by atoms with Crippen molar-refractivity contribution >= 4 is 10.0 Å². The van der Waals surface area contributed by atoms with Crippen molar-refractivity contribution < 1.29 is 26.7 Å². The van der Waals surface area contributed by atoms with Gasteiger partial charge in [0, 0.05) is 19.2 Å². The van der Waals surface area contributed by atoms with E-state index in [0.29, 0.717) is 5.56 Å². The molecule has 0 fully saturated rings. The van der Waals surface area contributed by atoms with Crippen LogP contribution in [0.15, 0.2) is 40.0 Å². The maximum Gasteiger partial charge on any atom is 0.246 e. The van der Waals surface area contributed by atoms with Gasteiger partial charge in [0.15, 0.2) is 5.82 Å². The number of aliphatic hydroxyl groups is 1. The Kier molecular flexibility index (Phi) is 4.40. The summed E-state index contributed by atoms with van der Waals surface area (Å²) < 4.78 is 57.7. The molecule has 2 rings (SSSR count). The van der Waals surface area contributed by atoms with Gasteiger partial charge in [-0.2, -0.15) is 4.31 Å². The molecule has 0 saturated heterocycles. The van der Waals surface area contributed by atoms with Crippen LogP contribution in [0, 0.1) is 11.6 Å². The fourth-order valence-corrected chi connectivity index (χ4v) is 3.06. The van der Waals surface area contributed by atoms with E-state index < -0.39 is 38.7 Å². The summed E-state index contributed by atoms with van der Waals surface area (Å²) in [5.41, 5.74) is -0.0845. The molecule has 1 aromatic heterocycles. The van der Waals surface area contributed by atoms with E-state index in [4.69, 9.17) is 9.52 Å². The molecule has 1 aromatic carbocycles. The summed E-state index contributed by atoms with van der Waals surface area (Å²) in [6.07, 6.45) is 2.75. The first-order valence-corrected chi connectivity index (χ1v) is 7.37. The molecule has 0 spiro atoms. The van der Waals surface area contributed by atoms with Crippen LogP contribution >= 0.6 is 0 Å². The Morgan fingerprint density at radius 1 is 1.29 bits per heavy atom. The number of benzene rings is 1. The summed E-state index contributed by atoms with van der Waals surface area (Å²) in [6, 6.07) is 3.23. The zero-order valence-corrected chi connectivity index (χ0v) is 11.9. The lowest BCUT2D eigenvalue weighted by molar-refractivity contribution is 0.267. The predicted octanol–water partition coefficient (Wildman–Crippen LogP) is 1.87. The van der Waals surface area contributed by atoms with E-state index in [1.165, 1.54) is 19.6 Å². The van der Waals surface area contributed by atoms with Crippen molar-refractivity contribution in [1.82, 2.24) is 4.31 Å². The molecule has 1 N–H and O–H groups in total. The number of aliphatic hydroxyl groups excluding tert-OH is 1. The van der Waals surface area contributed by atoms with Crippen LogP contribution in [0.1, 0.15) is 11.1 Å². The molecule has 0 saturated carbocycles. The van der Waals surface area contributed by atoms with Gasteiger partial charge in [-0.25, -0.2) is 17.2 Å². The first-order valence-electron chi connectivity index (χ1n) is 5.93. The number of hydrogen-bond donors (Lipinski definition) is 1. The number of rotatable bonds is 5. The Morgan fingerprint density at radius 2 is 2.00 bits per heavy atom. The monoisotopic (exact) mass is 317 g/mol. The Hall–Kier alpha value is -1.77. The molecule has 5 nitrogen and oxygen atoms in total. The van der Waals surface area contributed by atoms with Gasteiger partial charge in [0.2, 0.25) is 10.0 Å². The molecular formula is C13H13F2NO4S. The summed E-state index contributed by atoms with van der Waals surface area (Å²) >= 11 is 0. The summed E-state index contributed by atoms with van der Waals surface area (Å²) in [5, 5.41) is 8.93. The first kappa shape index (κ1) is 15.6. The highest BCUT2D eigenvalue weighted by molar-refractivity contribution is 7.89. The fraction of sp³-hybridized carbons (Fsp3) is 0.231. The minimum Gasteiger partial charge on any atom is -0.472 e. The maximum atomic E-state index is 14.0. The van der Waals surface area contributed by atoms with Crippen molar-refractivity contribution in [1.29, 1.82) is 0 Å². The van der Waals surface area contributed by atoms with Crippen molar-refractivity contribution in [3.05, 3.63) is 53.5 Å². The topological polar surface area (TPSA) is 70.8 Å². The van der Waals surface area contributed by atoms with Crippen molar-refractivity contribution in [3.8, 4) is 0 Å². The molecule has 0 radical (unpaired) electrons. The minimum absolute atomic E-state index is 0.0237. The van der Waals surface area contributed by atoms with Gasteiger partial charge in [-0.3, -0.25) is 0 Å². The summed E-state index contributed by atoms with van der Waals surface area (Å²) in [4.78, 5) is -0.682. The van der Waals surface area contributed by atoms with Gasteiger partial charge in [-0.15, -0.1) is 0 Å². The lowest BCUT2D eigenvalue weighted by atomic mass is 10.2. The fourth-order valence-electron chi connectivity index (χ4n) is 1.81. The van der Waals surface area contributed by atoms with E-state index in [2.05, 4.69) is 0 Å². The molecule has 0 atom stereocenters. The average molecular weight is 317 g/mol. The average Bonchev–Trinajstić information content (AvgIpc) is 2.91. The van der Waals surface area contributed by atoms with Gasteiger partial charge >= 0.3 is 0 Å². The molecule has 21 heavy (non-hydrogen) atoms. The summed E-state index contributed by atoms with van der Waals surface area (Å²) in [5.74, 6) is -2.28. The second kappa shape index (κ2) is 5.92. The highest BCUT2D eigenvalue weighted by atomic mass is 32.2. The van der Waals surface area contributed by atoms with E-state index in [0.717, 1.165) is 16.4 Å². The third kappa shape index (κ3) is 2.97. The predicted molar refractivity (Wildman–Crippen MR) is 69.6 cm³/mol. The SMILES string of the molecule is CN(Cc1ccoc1)S(=O)(=O)c1ccc(F)c(CO)c1F. The lowest BCUT2D eigenvalue weighted by Crippen LogP contribution is -2.27. The Bertz CT molecular complexity index is 729. The minimum atomic E-state index is -4.16. The zero-order chi connectivity index (χ0) is 15.6. The molecule has 0 aliphatic heterocycles. The normalized spacial score (nSPS) is 12.0. The summed E-state index contributed by atoms with van der Waals surface area (Å²) in [6.45, 7) is -0.948. The Morgan fingerprint density at radius 3 is 2.57 bits per heavy atom. The van der Waals surface area contributed by atoms with Crippen LogP contribution in [0.5, 0.6) is 0 Å². The number of hydrogen-bond acceptors (Lipinski definition) is 4. The highest BCUT2D eigenvalue weighted by Crippen LogP contribution is 2.24. The van der Waals surface area contributed by atoms with Crippen LogP contribution in [0.25, 0.3) is 0 Å². The second-order valence-corrected chi connectivity index (χ2v) is 6.40. The van der Waals surface area contributed by atoms with Crippen LogP contribution in [0.2, 0.25) is 0 Å². The van der Waals surface area contributed by atoms with E-state index in [9.17, 15) is 17.2 Å². The maximum absolute atomic E-state index is 14.0. The third-order valence-corrected chi connectivity index (χ3v) is 4.80. The van der Waals surface area contributed by atoms with Gasteiger partial charge in [-0.1, -0.05) is 0 Å².